The standard InChI is InChI=1S/C18H14F2O/c19-13-7-5-12(6-8-13)11-18(21)16-9-10-17(20)15-4-2-1-3-14(15)16/h1-10,18,21H,11H2. The zero-order chi connectivity index (χ0) is 14.8. The highest BCUT2D eigenvalue weighted by Gasteiger charge is 2.13. The maximum atomic E-state index is 13.8. The summed E-state index contributed by atoms with van der Waals surface area (Å²) in [6.07, 6.45) is -0.406. The topological polar surface area (TPSA) is 20.2 Å². The molecule has 0 fully saturated rings. The van der Waals surface area contributed by atoms with E-state index in [1.165, 1.54) is 18.2 Å². The lowest BCUT2D eigenvalue weighted by Crippen LogP contribution is -2.03. The number of benzene rings is 3. The summed E-state index contributed by atoms with van der Waals surface area (Å²) < 4.78 is 26.7. The van der Waals surface area contributed by atoms with Crippen LogP contribution in [0.5, 0.6) is 0 Å². The van der Waals surface area contributed by atoms with E-state index in [9.17, 15) is 13.9 Å². The Morgan fingerprint density at radius 1 is 0.810 bits per heavy atom. The molecule has 0 aliphatic heterocycles. The smallest absolute Gasteiger partial charge is 0.131 e. The van der Waals surface area contributed by atoms with E-state index in [0.717, 1.165) is 5.56 Å². The quantitative estimate of drug-likeness (QED) is 0.756. The number of hydrogen-bond donors (Lipinski definition) is 1. The number of halogens is 2. The van der Waals surface area contributed by atoms with Gasteiger partial charge in [-0.15, -0.1) is 0 Å². The first-order valence-electron chi connectivity index (χ1n) is 6.75. The molecule has 1 N–H and O–H groups in total. The van der Waals surface area contributed by atoms with Crippen molar-refractivity contribution in [1.82, 2.24) is 0 Å². The Labute approximate surface area is 121 Å². The Bertz CT molecular complexity index is 766. The summed E-state index contributed by atoms with van der Waals surface area (Å²) in [4.78, 5) is 0. The molecule has 3 rings (SSSR count). The van der Waals surface area contributed by atoms with Gasteiger partial charge in [-0.1, -0.05) is 42.5 Å². The number of aliphatic hydroxyl groups excluding tert-OH is 1. The second-order valence-corrected chi connectivity index (χ2v) is 5.03. The maximum Gasteiger partial charge on any atom is 0.131 e. The van der Waals surface area contributed by atoms with Gasteiger partial charge < -0.3 is 5.11 Å². The molecule has 0 radical (unpaired) electrons. The first kappa shape index (κ1) is 13.7. The van der Waals surface area contributed by atoms with E-state index >= 15 is 0 Å². The molecule has 0 saturated carbocycles. The third-order valence-electron chi connectivity index (χ3n) is 3.61. The minimum absolute atomic E-state index is 0.302. The van der Waals surface area contributed by atoms with Crippen molar-refractivity contribution >= 4 is 10.8 Å². The molecule has 1 nitrogen and oxygen atoms in total. The van der Waals surface area contributed by atoms with Crippen molar-refractivity contribution in [2.75, 3.05) is 0 Å². The Kier molecular flexibility index (Phi) is 3.67. The molecule has 3 heteroatoms. The molecule has 1 atom stereocenters. The lowest BCUT2D eigenvalue weighted by Gasteiger charge is -2.14. The molecule has 1 unspecified atom stereocenters. The van der Waals surface area contributed by atoms with Crippen LogP contribution in [0.25, 0.3) is 10.8 Å². The summed E-state index contributed by atoms with van der Waals surface area (Å²) in [5.41, 5.74) is 1.51. The number of fused-ring (bicyclic) bond motifs is 1. The van der Waals surface area contributed by atoms with Gasteiger partial charge in [-0.3, -0.25) is 0 Å². The van der Waals surface area contributed by atoms with Crippen LogP contribution >= 0.6 is 0 Å². The third kappa shape index (κ3) is 2.78. The lowest BCUT2D eigenvalue weighted by molar-refractivity contribution is 0.180. The van der Waals surface area contributed by atoms with Crippen LogP contribution < -0.4 is 0 Å². The predicted octanol–water partition coefficient (Wildman–Crippen LogP) is 4.39. The van der Waals surface area contributed by atoms with E-state index in [4.69, 9.17) is 0 Å². The highest BCUT2D eigenvalue weighted by molar-refractivity contribution is 5.86. The van der Waals surface area contributed by atoms with Gasteiger partial charge in [0.15, 0.2) is 0 Å². The van der Waals surface area contributed by atoms with Crippen LogP contribution in [0.2, 0.25) is 0 Å². The molecule has 0 aliphatic rings. The fraction of sp³-hybridized carbons (Fsp3) is 0.111. The second kappa shape index (κ2) is 5.62. The molecular formula is C18H14F2O. The maximum absolute atomic E-state index is 13.8. The van der Waals surface area contributed by atoms with Crippen molar-refractivity contribution in [3.05, 3.63) is 83.4 Å². The van der Waals surface area contributed by atoms with Crippen LogP contribution in [0.3, 0.4) is 0 Å². The van der Waals surface area contributed by atoms with Crippen molar-refractivity contribution < 1.29 is 13.9 Å². The Balaban J connectivity index is 1.96. The molecule has 0 amide bonds. The number of rotatable bonds is 3. The van der Waals surface area contributed by atoms with Crippen LogP contribution in [0.1, 0.15) is 17.2 Å². The van der Waals surface area contributed by atoms with Crippen molar-refractivity contribution in [1.29, 1.82) is 0 Å². The molecular weight excluding hydrogens is 270 g/mol. The van der Waals surface area contributed by atoms with Crippen LogP contribution in [-0.4, -0.2) is 5.11 Å². The summed E-state index contributed by atoms with van der Waals surface area (Å²) in [5, 5.41) is 11.6. The molecule has 106 valence electrons. The van der Waals surface area contributed by atoms with Crippen LogP contribution in [0.15, 0.2) is 60.7 Å². The molecule has 21 heavy (non-hydrogen) atoms. The molecule has 0 saturated heterocycles. The molecule has 3 aromatic rings. The highest BCUT2D eigenvalue weighted by Crippen LogP contribution is 2.28. The summed E-state index contributed by atoms with van der Waals surface area (Å²) in [6, 6.07) is 16.1. The van der Waals surface area contributed by atoms with Crippen LogP contribution in [0.4, 0.5) is 8.78 Å². The minimum Gasteiger partial charge on any atom is -0.388 e. The summed E-state index contributed by atoms with van der Waals surface area (Å²) in [5.74, 6) is -0.608. The molecule has 0 bridgehead atoms. The fourth-order valence-corrected chi connectivity index (χ4v) is 2.53. The fourth-order valence-electron chi connectivity index (χ4n) is 2.53. The second-order valence-electron chi connectivity index (χ2n) is 5.03. The number of hydrogen-bond acceptors (Lipinski definition) is 1. The Morgan fingerprint density at radius 3 is 2.19 bits per heavy atom. The van der Waals surface area contributed by atoms with Gasteiger partial charge in [-0.25, -0.2) is 8.78 Å². The Hall–Kier alpha value is -2.26. The molecule has 0 aliphatic carbocycles. The highest BCUT2D eigenvalue weighted by atomic mass is 19.1. The van der Waals surface area contributed by atoms with Gasteiger partial charge in [0.1, 0.15) is 11.6 Å². The average Bonchev–Trinajstić information content (AvgIpc) is 2.50. The first-order valence-corrected chi connectivity index (χ1v) is 6.75. The van der Waals surface area contributed by atoms with E-state index in [-0.39, 0.29) is 11.6 Å². The lowest BCUT2D eigenvalue weighted by atomic mass is 9.96. The van der Waals surface area contributed by atoms with E-state index in [1.54, 1.807) is 36.4 Å². The van der Waals surface area contributed by atoms with Gasteiger partial charge in [0.25, 0.3) is 0 Å². The van der Waals surface area contributed by atoms with Gasteiger partial charge in [0, 0.05) is 11.8 Å². The van der Waals surface area contributed by atoms with E-state index in [2.05, 4.69) is 0 Å². The Morgan fingerprint density at radius 2 is 1.48 bits per heavy atom. The van der Waals surface area contributed by atoms with E-state index in [0.29, 0.717) is 22.8 Å². The molecule has 3 aromatic carbocycles. The third-order valence-corrected chi connectivity index (χ3v) is 3.61. The van der Waals surface area contributed by atoms with Crippen LogP contribution in [-0.2, 0) is 6.42 Å². The minimum atomic E-state index is -0.763. The summed E-state index contributed by atoms with van der Waals surface area (Å²) >= 11 is 0. The SMILES string of the molecule is OC(Cc1ccc(F)cc1)c1ccc(F)c2ccccc12. The summed E-state index contributed by atoms with van der Waals surface area (Å²) in [7, 11) is 0. The van der Waals surface area contributed by atoms with Crippen molar-refractivity contribution in [3.63, 3.8) is 0 Å². The van der Waals surface area contributed by atoms with Gasteiger partial charge >= 0.3 is 0 Å². The van der Waals surface area contributed by atoms with E-state index in [1.807, 2.05) is 6.07 Å². The summed E-state index contributed by atoms with van der Waals surface area (Å²) in [6.45, 7) is 0. The largest absolute Gasteiger partial charge is 0.388 e. The van der Waals surface area contributed by atoms with E-state index < -0.39 is 6.10 Å². The normalized spacial score (nSPS) is 12.5. The molecule has 0 spiro atoms. The van der Waals surface area contributed by atoms with Crippen molar-refractivity contribution in [2.24, 2.45) is 0 Å². The van der Waals surface area contributed by atoms with Crippen molar-refractivity contribution in [2.45, 2.75) is 12.5 Å². The average molecular weight is 284 g/mol. The number of aliphatic hydroxyl groups is 1. The predicted molar refractivity (Wildman–Crippen MR) is 79.0 cm³/mol. The first-order chi connectivity index (χ1) is 10.1. The van der Waals surface area contributed by atoms with Gasteiger partial charge in [0.2, 0.25) is 0 Å². The van der Waals surface area contributed by atoms with Crippen molar-refractivity contribution in [3.8, 4) is 0 Å². The van der Waals surface area contributed by atoms with Gasteiger partial charge in [0.05, 0.1) is 6.10 Å². The zero-order valence-corrected chi connectivity index (χ0v) is 11.3. The van der Waals surface area contributed by atoms with Crippen LogP contribution in [0, 0.1) is 11.6 Å². The monoisotopic (exact) mass is 284 g/mol. The molecule has 0 heterocycles. The van der Waals surface area contributed by atoms with Gasteiger partial charge in [-0.05, 0) is 34.7 Å². The van der Waals surface area contributed by atoms with Gasteiger partial charge in [-0.2, -0.15) is 0 Å². The molecule has 0 aromatic heterocycles. The zero-order valence-electron chi connectivity index (χ0n) is 11.3.